The van der Waals surface area contributed by atoms with Gasteiger partial charge in [0.05, 0.1) is 20.8 Å². The Hall–Kier alpha value is -3.50. The molecule has 0 heterocycles. The van der Waals surface area contributed by atoms with Crippen LogP contribution in [-0.4, -0.2) is 32.8 Å². The van der Waals surface area contributed by atoms with Crippen molar-refractivity contribution in [2.45, 2.75) is 12.8 Å². The van der Waals surface area contributed by atoms with Gasteiger partial charge in [-0.3, -0.25) is 4.79 Å². The molecule has 0 saturated carbocycles. The van der Waals surface area contributed by atoms with Gasteiger partial charge in [0.15, 0.2) is 11.5 Å². The first-order chi connectivity index (χ1) is 14.5. The average molecular weight is 430 g/mol. The van der Waals surface area contributed by atoms with Crippen molar-refractivity contribution in [1.82, 2.24) is 0 Å². The highest BCUT2D eigenvalue weighted by Gasteiger charge is 2.13. The van der Waals surface area contributed by atoms with E-state index in [1.807, 2.05) is 0 Å². The summed E-state index contributed by atoms with van der Waals surface area (Å²) in [6, 6.07) is 13.4. The van der Waals surface area contributed by atoms with Crippen LogP contribution in [0.3, 0.4) is 0 Å². The fourth-order valence-electron chi connectivity index (χ4n) is 2.38. The minimum Gasteiger partial charge on any atom is -0.494 e. The Kier molecular flexibility index (Phi) is 8.73. The Morgan fingerprint density at radius 3 is 2.47 bits per heavy atom. The summed E-state index contributed by atoms with van der Waals surface area (Å²) in [6.07, 6.45) is 1.97. The minimum absolute atomic E-state index is 0.152. The minimum atomic E-state index is -0.743. The summed E-state index contributed by atoms with van der Waals surface area (Å²) in [6.45, 7) is 0.349. The lowest BCUT2D eigenvalue weighted by Gasteiger charge is -2.10. The number of carbonyl (C=O) groups excluding carboxylic acids is 2. The van der Waals surface area contributed by atoms with Gasteiger partial charge in [-0.2, -0.15) is 5.26 Å². The number of carbonyl (C=O) groups is 2. The molecule has 2 aromatic carbocycles. The van der Waals surface area contributed by atoms with Crippen LogP contribution < -0.4 is 14.2 Å². The third-order valence-corrected chi connectivity index (χ3v) is 4.11. The molecular weight excluding hydrogens is 410 g/mol. The van der Waals surface area contributed by atoms with Crippen molar-refractivity contribution in [3.05, 3.63) is 58.6 Å². The second-order valence-electron chi connectivity index (χ2n) is 5.95. The molecule has 30 heavy (non-hydrogen) atoms. The quantitative estimate of drug-likeness (QED) is 0.194. The first kappa shape index (κ1) is 22.8. The normalized spacial score (nSPS) is 10.7. The van der Waals surface area contributed by atoms with Crippen molar-refractivity contribution >= 4 is 29.6 Å². The van der Waals surface area contributed by atoms with E-state index in [1.54, 1.807) is 42.5 Å². The molecule has 2 rings (SSSR count). The number of halogens is 1. The zero-order valence-electron chi connectivity index (χ0n) is 16.5. The number of nitriles is 1. The highest BCUT2D eigenvalue weighted by atomic mass is 35.5. The number of ether oxygens (including phenoxy) is 4. The molecule has 2 aromatic rings. The van der Waals surface area contributed by atoms with Gasteiger partial charge in [0, 0.05) is 11.4 Å². The van der Waals surface area contributed by atoms with Gasteiger partial charge < -0.3 is 18.9 Å². The van der Waals surface area contributed by atoms with Crippen molar-refractivity contribution in [2.75, 3.05) is 20.8 Å². The number of hydrogen-bond acceptors (Lipinski definition) is 7. The standard InChI is InChI=1S/C22H20ClNO6/c1-27-20-13-15(12-16(14-24)22(26)28-2)5-10-19(20)30-21(25)4-3-11-29-18-8-6-17(23)7-9-18/h5-10,12-13H,3-4,11H2,1-2H3. The molecule has 156 valence electrons. The van der Waals surface area contributed by atoms with Gasteiger partial charge in [-0.15, -0.1) is 0 Å². The lowest BCUT2D eigenvalue weighted by atomic mass is 10.1. The molecular formula is C22H20ClNO6. The molecule has 0 atom stereocenters. The second kappa shape index (κ2) is 11.5. The van der Waals surface area contributed by atoms with Crippen LogP contribution >= 0.6 is 11.6 Å². The molecule has 0 aromatic heterocycles. The van der Waals surface area contributed by atoms with Crippen molar-refractivity contribution in [3.63, 3.8) is 0 Å². The molecule has 0 unspecified atom stereocenters. The molecule has 0 aliphatic rings. The van der Waals surface area contributed by atoms with E-state index in [0.717, 1.165) is 0 Å². The van der Waals surface area contributed by atoms with Gasteiger partial charge in [0.1, 0.15) is 17.4 Å². The Balaban J connectivity index is 1.93. The Morgan fingerprint density at radius 1 is 1.10 bits per heavy atom. The van der Waals surface area contributed by atoms with Crippen LogP contribution in [0, 0.1) is 11.3 Å². The predicted octanol–water partition coefficient (Wildman–Crippen LogP) is 4.19. The van der Waals surface area contributed by atoms with Crippen molar-refractivity contribution in [3.8, 4) is 23.3 Å². The van der Waals surface area contributed by atoms with E-state index in [0.29, 0.717) is 29.4 Å². The highest BCUT2D eigenvalue weighted by molar-refractivity contribution is 6.30. The van der Waals surface area contributed by atoms with E-state index in [4.69, 9.17) is 31.1 Å². The largest absolute Gasteiger partial charge is 0.494 e. The lowest BCUT2D eigenvalue weighted by molar-refractivity contribution is -0.136. The van der Waals surface area contributed by atoms with Crippen LogP contribution in [0.4, 0.5) is 0 Å². The van der Waals surface area contributed by atoms with E-state index in [9.17, 15) is 9.59 Å². The van der Waals surface area contributed by atoms with Crippen LogP contribution in [0.25, 0.3) is 6.08 Å². The van der Waals surface area contributed by atoms with Crippen LogP contribution in [-0.2, 0) is 14.3 Å². The van der Waals surface area contributed by atoms with Gasteiger partial charge >= 0.3 is 11.9 Å². The summed E-state index contributed by atoms with van der Waals surface area (Å²) >= 11 is 5.81. The van der Waals surface area contributed by atoms with Crippen LogP contribution in [0.5, 0.6) is 17.2 Å². The molecule has 7 nitrogen and oxygen atoms in total. The molecule has 8 heteroatoms. The van der Waals surface area contributed by atoms with Crippen molar-refractivity contribution in [2.24, 2.45) is 0 Å². The van der Waals surface area contributed by atoms with Gasteiger partial charge in [-0.1, -0.05) is 17.7 Å². The summed E-state index contributed by atoms with van der Waals surface area (Å²) < 4.78 is 20.7. The molecule has 0 radical (unpaired) electrons. The number of esters is 2. The van der Waals surface area contributed by atoms with Crippen LogP contribution in [0.15, 0.2) is 48.0 Å². The third-order valence-electron chi connectivity index (χ3n) is 3.86. The van der Waals surface area contributed by atoms with Gasteiger partial charge in [-0.05, 0) is 54.5 Å². The topological polar surface area (TPSA) is 94.9 Å². The maximum absolute atomic E-state index is 12.1. The summed E-state index contributed by atoms with van der Waals surface area (Å²) in [5.74, 6) is 0.00431. The Labute approximate surface area is 179 Å². The van der Waals surface area contributed by atoms with Crippen molar-refractivity contribution in [1.29, 1.82) is 5.26 Å². The molecule has 0 spiro atoms. The van der Waals surface area contributed by atoms with E-state index in [-0.39, 0.29) is 23.5 Å². The fourth-order valence-corrected chi connectivity index (χ4v) is 2.51. The first-order valence-corrected chi connectivity index (χ1v) is 9.31. The summed E-state index contributed by atoms with van der Waals surface area (Å²) in [4.78, 5) is 23.6. The summed E-state index contributed by atoms with van der Waals surface area (Å²) in [5, 5.41) is 9.66. The van der Waals surface area contributed by atoms with Gasteiger partial charge in [-0.25, -0.2) is 4.79 Å². The fraction of sp³-hybridized carbons (Fsp3) is 0.227. The average Bonchev–Trinajstić information content (AvgIpc) is 2.76. The molecule has 0 aliphatic carbocycles. The Bertz CT molecular complexity index is 963. The maximum atomic E-state index is 12.1. The Morgan fingerprint density at radius 2 is 1.83 bits per heavy atom. The van der Waals surface area contributed by atoms with E-state index in [2.05, 4.69) is 4.74 Å². The van der Waals surface area contributed by atoms with Crippen molar-refractivity contribution < 1.29 is 28.5 Å². The molecule has 0 bridgehead atoms. The predicted molar refractivity (Wildman–Crippen MR) is 110 cm³/mol. The molecule has 0 N–H and O–H groups in total. The van der Waals surface area contributed by atoms with Gasteiger partial charge in [0.2, 0.25) is 0 Å². The number of methoxy groups -OCH3 is 2. The van der Waals surface area contributed by atoms with E-state index >= 15 is 0 Å². The molecule has 0 fully saturated rings. The number of benzene rings is 2. The molecule has 0 saturated heterocycles. The monoisotopic (exact) mass is 429 g/mol. The maximum Gasteiger partial charge on any atom is 0.348 e. The van der Waals surface area contributed by atoms with Crippen LogP contribution in [0.2, 0.25) is 5.02 Å². The number of nitrogens with zero attached hydrogens (tertiary/aromatic N) is 1. The number of hydrogen-bond donors (Lipinski definition) is 0. The van der Waals surface area contributed by atoms with E-state index < -0.39 is 11.9 Å². The molecule has 0 amide bonds. The smallest absolute Gasteiger partial charge is 0.348 e. The summed E-state index contributed by atoms with van der Waals surface area (Å²) in [7, 11) is 2.61. The van der Waals surface area contributed by atoms with Crippen LogP contribution in [0.1, 0.15) is 18.4 Å². The summed E-state index contributed by atoms with van der Waals surface area (Å²) in [5.41, 5.74) is 0.356. The first-order valence-electron chi connectivity index (χ1n) is 8.94. The number of rotatable bonds is 9. The zero-order chi connectivity index (χ0) is 21.9. The lowest BCUT2D eigenvalue weighted by Crippen LogP contribution is -2.10. The molecule has 0 aliphatic heterocycles. The zero-order valence-corrected chi connectivity index (χ0v) is 17.3. The van der Waals surface area contributed by atoms with E-state index in [1.165, 1.54) is 26.4 Å². The van der Waals surface area contributed by atoms with Gasteiger partial charge in [0.25, 0.3) is 0 Å². The SMILES string of the molecule is COC(=O)C(C#N)=Cc1ccc(OC(=O)CCCOc2ccc(Cl)cc2)c(OC)c1. The second-order valence-corrected chi connectivity index (χ2v) is 6.39. The third kappa shape index (κ3) is 6.83. The highest BCUT2D eigenvalue weighted by Crippen LogP contribution is 2.29.